The maximum atomic E-state index is 12.3. The number of aryl methyl sites for hydroxylation is 1. The Morgan fingerprint density at radius 2 is 2.00 bits per heavy atom. The Labute approximate surface area is 124 Å². The molecule has 1 aromatic carbocycles. The van der Waals surface area contributed by atoms with Crippen LogP contribution in [0.3, 0.4) is 0 Å². The molecule has 0 N–H and O–H groups in total. The number of aromatic nitrogens is 2. The standard InChI is InChI=1S/C16H19ClN2O/c1-12(2)19-16(14(17)11-18-19)15(20)10-6-9-13-7-4-3-5-8-13/h3-5,7-8,11-12H,6,9-10H2,1-2H3. The summed E-state index contributed by atoms with van der Waals surface area (Å²) in [5.74, 6) is 0.0668. The van der Waals surface area contributed by atoms with Gasteiger partial charge < -0.3 is 0 Å². The summed E-state index contributed by atoms with van der Waals surface area (Å²) < 4.78 is 1.70. The van der Waals surface area contributed by atoms with Gasteiger partial charge in [0, 0.05) is 12.5 Å². The Balaban J connectivity index is 1.97. The zero-order valence-corrected chi connectivity index (χ0v) is 12.6. The van der Waals surface area contributed by atoms with Gasteiger partial charge in [-0.05, 0) is 32.3 Å². The molecule has 0 aliphatic carbocycles. The smallest absolute Gasteiger partial charge is 0.182 e. The number of carbonyl (C=O) groups is 1. The van der Waals surface area contributed by atoms with E-state index in [1.54, 1.807) is 10.9 Å². The Morgan fingerprint density at radius 3 is 2.65 bits per heavy atom. The molecule has 1 aromatic heterocycles. The van der Waals surface area contributed by atoms with Crippen molar-refractivity contribution in [2.24, 2.45) is 0 Å². The van der Waals surface area contributed by atoms with Gasteiger partial charge in [0.1, 0.15) is 5.69 Å². The van der Waals surface area contributed by atoms with Gasteiger partial charge in [-0.2, -0.15) is 5.10 Å². The molecule has 0 unspecified atom stereocenters. The minimum Gasteiger partial charge on any atom is -0.292 e. The molecule has 0 radical (unpaired) electrons. The maximum absolute atomic E-state index is 12.3. The van der Waals surface area contributed by atoms with Crippen LogP contribution in [0.1, 0.15) is 48.8 Å². The van der Waals surface area contributed by atoms with Crippen LogP contribution in [0.15, 0.2) is 36.5 Å². The predicted molar refractivity (Wildman–Crippen MR) is 81.3 cm³/mol. The highest BCUT2D eigenvalue weighted by Gasteiger charge is 2.18. The Morgan fingerprint density at radius 1 is 1.30 bits per heavy atom. The first-order valence-corrected chi connectivity index (χ1v) is 7.27. The monoisotopic (exact) mass is 290 g/mol. The third kappa shape index (κ3) is 3.48. The van der Waals surface area contributed by atoms with Gasteiger partial charge in [0.15, 0.2) is 5.78 Å². The second-order valence-electron chi connectivity index (χ2n) is 5.14. The van der Waals surface area contributed by atoms with E-state index in [0.29, 0.717) is 17.1 Å². The number of hydrogen-bond donors (Lipinski definition) is 0. The Bertz CT molecular complexity index is 575. The fourth-order valence-corrected chi connectivity index (χ4v) is 2.45. The van der Waals surface area contributed by atoms with E-state index in [1.165, 1.54) is 5.56 Å². The third-order valence-corrected chi connectivity index (χ3v) is 3.49. The molecule has 0 amide bonds. The van der Waals surface area contributed by atoms with Crippen LogP contribution < -0.4 is 0 Å². The lowest BCUT2D eigenvalue weighted by Crippen LogP contribution is -2.13. The van der Waals surface area contributed by atoms with Crippen LogP contribution in [0.5, 0.6) is 0 Å². The molecule has 2 aromatic rings. The highest BCUT2D eigenvalue weighted by molar-refractivity contribution is 6.33. The minimum absolute atomic E-state index is 0.0668. The molecule has 0 saturated carbocycles. The number of halogens is 1. The normalized spacial score (nSPS) is 11.0. The van der Waals surface area contributed by atoms with Crippen molar-refractivity contribution < 1.29 is 4.79 Å². The number of carbonyl (C=O) groups excluding carboxylic acids is 1. The molecular formula is C16H19ClN2O. The summed E-state index contributed by atoms with van der Waals surface area (Å²) in [6.45, 7) is 3.98. The first kappa shape index (κ1) is 14.8. The van der Waals surface area contributed by atoms with Crippen molar-refractivity contribution in [2.45, 2.75) is 39.2 Å². The lowest BCUT2D eigenvalue weighted by molar-refractivity contribution is 0.0968. The number of benzene rings is 1. The molecule has 0 spiro atoms. The highest BCUT2D eigenvalue weighted by atomic mass is 35.5. The zero-order chi connectivity index (χ0) is 14.5. The van der Waals surface area contributed by atoms with Crippen LogP contribution in [0.25, 0.3) is 0 Å². The van der Waals surface area contributed by atoms with E-state index in [9.17, 15) is 4.79 Å². The number of hydrogen-bond acceptors (Lipinski definition) is 2. The minimum atomic E-state index is 0.0668. The average molecular weight is 291 g/mol. The van der Waals surface area contributed by atoms with Crippen LogP contribution in [0, 0.1) is 0 Å². The van der Waals surface area contributed by atoms with Crippen molar-refractivity contribution in [3.8, 4) is 0 Å². The molecule has 0 aliphatic rings. The molecule has 0 aliphatic heterocycles. The summed E-state index contributed by atoms with van der Waals surface area (Å²) in [4.78, 5) is 12.3. The largest absolute Gasteiger partial charge is 0.292 e. The summed E-state index contributed by atoms with van der Waals surface area (Å²) in [6.07, 6.45) is 3.77. The number of nitrogens with zero attached hydrogens (tertiary/aromatic N) is 2. The van der Waals surface area contributed by atoms with Gasteiger partial charge in [-0.3, -0.25) is 9.48 Å². The van der Waals surface area contributed by atoms with E-state index in [-0.39, 0.29) is 11.8 Å². The molecule has 2 rings (SSSR count). The molecule has 0 bridgehead atoms. The molecule has 4 heteroatoms. The van der Waals surface area contributed by atoms with Gasteiger partial charge in [0.2, 0.25) is 0 Å². The molecular weight excluding hydrogens is 272 g/mol. The van der Waals surface area contributed by atoms with Crippen LogP contribution in [-0.2, 0) is 6.42 Å². The summed E-state index contributed by atoms with van der Waals surface area (Å²) in [5, 5.41) is 4.61. The van der Waals surface area contributed by atoms with Crippen LogP contribution in [0.4, 0.5) is 0 Å². The molecule has 0 fully saturated rings. The van der Waals surface area contributed by atoms with Gasteiger partial charge in [0.25, 0.3) is 0 Å². The van der Waals surface area contributed by atoms with Gasteiger partial charge >= 0.3 is 0 Å². The fraction of sp³-hybridized carbons (Fsp3) is 0.375. The lowest BCUT2D eigenvalue weighted by Gasteiger charge is -2.10. The summed E-state index contributed by atoms with van der Waals surface area (Å²) in [7, 11) is 0. The summed E-state index contributed by atoms with van der Waals surface area (Å²) >= 11 is 6.08. The fourth-order valence-electron chi connectivity index (χ4n) is 2.21. The third-order valence-electron chi connectivity index (χ3n) is 3.22. The molecule has 0 saturated heterocycles. The van der Waals surface area contributed by atoms with Crippen molar-refractivity contribution in [1.29, 1.82) is 0 Å². The van der Waals surface area contributed by atoms with E-state index in [2.05, 4.69) is 17.2 Å². The first-order chi connectivity index (χ1) is 9.59. The quantitative estimate of drug-likeness (QED) is 0.743. The van der Waals surface area contributed by atoms with Crippen LogP contribution in [0.2, 0.25) is 5.02 Å². The molecule has 1 heterocycles. The SMILES string of the molecule is CC(C)n1ncc(Cl)c1C(=O)CCCc1ccccc1. The summed E-state index contributed by atoms with van der Waals surface area (Å²) in [5.41, 5.74) is 1.79. The van der Waals surface area contributed by atoms with E-state index in [4.69, 9.17) is 11.6 Å². The van der Waals surface area contributed by atoms with Gasteiger partial charge in [-0.25, -0.2) is 0 Å². The van der Waals surface area contributed by atoms with E-state index in [1.807, 2.05) is 32.0 Å². The van der Waals surface area contributed by atoms with E-state index < -0.39 is 0 Å². The van der Waals surface area contributed by atoms with Crippen molar-refractivity contribution in [3.63, 3.8) is 0 Å². The van der Waals surface area contributed by atoms with Gasteiger partial charge in [-0.1, -0.05) is 41.9 Å². The lowest BCUT2D eigenvalue weighted by atomic mass is 10.1. The second-order valence-corrected chi connectivity index (χ2v) is 5.55. The highest BCUT2D eigenvalue weighted by Crippen LogP contribution is 2.21. The number of Topliss-reactive ketones (excluding diaryl/α,β-unsaturated/α-hetero) is 1. The molecule has 20 heavy (non-hydrogen) atoms. The van der Waals surface area contributed by atoms with Gasteiger partial charge in [-0.15, -0.1) is 0 Å². The predicted octanol–water partition coefficient (Wildman–Crippen LogP) is 4.32. The van der Waals surface area contributed by atoms with Crippen molar-refractivity contribution >= 4 is 17.4 Å². The molecule has 0 atom stereocenters. The zero-order valence-electron chi connectivity index (χ0n) is 11.8. The molecule has 3 nitrogen and oxygen atoms in total. The maximum Gasteiger partial charge on any atom is 0.182 e. The van der Waals surface area contributed by atoms with Gasteiger partial charge in [0.05, 0.1) is 11.2 Å². The molecule has 106 valence electrons. The van der Waals surface area contributed by atoms with Crippen molar-refractivity contribution in [1.82, 2.24) is 9.78 Å². The second kappa shape index (κ2) is 6.71. The summed E-state index contributed by atoms with van der Waals surface area (Å²) in [6, 6.07) is 10.3. The Kier molecular flexibility index (Phi) is 4.96. The average Bonchev–Trinajstić information content (AvgIpc) is 2.82. The first-order valence-electron chi connectivity index (χ1n) is 6.89. The van der Waals surface area contributed by atoms with Crippen molar-refractivity contribution in [3.05, 3.63) is 52.8 Å². The van der Waals surface area contributed by atoms with E-state index in [0.717, 1.165) is 12.8 Å². The van der Waals surface area contributed by atoms with E-state index >= 15 is 0 Å². The number of ketones is 1. The van der Waals surface area contributed by atoms with Crippen molar-refractivity contribution in [2.75, 3.05) is 0 Å². The Hall–Kier alpha value is -1.61. The number of rotatable bonds is 6. The van der Waals surface area contributed by atoms with Crippen LogP contribution in [-0.4, -0.2) is 15.6 Å². The van der Waals surface area contributed by atoms with Crippen LogP contribution >= 0.6 is 11.6 Å². The topological polar surface area (TPSA) is 34.9 Å².